The number of pyridine rings is 1. The zero-order chi connectivity index (χ0) is 30.3. The minimum Gasteiger partial charge on any atom is -0.382 e. The monoisotopic (exact) mass is 603 g/mol. The van der Waals surface area contributed by atoms with E-state index in [1.807, 2.05) is 36.4 Å². The number of ether oxygens (including phenoxy) is 4. The second kappa shape index (κ2) is 17.0. The van der Waals surface area contributed by atoms with Gasteiger partial charge in [-0.15, -0.1) is 0 Å². The zero-order valence-electron chi connectivity index (χ0n) is 24.0. The predicted octanol–water partition coefficient (Wildman–Crippen LogP) is 3.50. The molecule has 0 spiro atoms. The number of fused-ring (bicyclic) bond motifs is 1. The van der Waals surface area contributed by atoms with Crippen LogP contribution < -0.4 is 10.6 Å². The fourth-order valence-electron chi connectivity index (χ4n) is 3.76. The average molecular weight is 604 g/mol. The van der Waals surface area contributed by atoms with Gasteiger partial charge in [-0.25, -0.2) is 4.98 Å². The molecule has 0 saturated heterocycles. The predicted molar refractivity (Wildman–Crippen MR) is 163 cm³/mol. The summed E-state index contributed by atoms with van der Waals surface area (Å²) >= 11 is 1.50. The summed E-state index contributed by atoms with van der Waals surface area (Å²) in [5, 5.41) is 13.6. The van der Waals surface area contributed by atoms with E-state index in [0.29, 0.717) is 62.3 Å². The third-order valence-corrected chi connectivity index (χ3v) is 6.95. The molecule has 0 unspecified atom stereocenters. The second-order valence-corrected chi connectivity index (χ2v) is 10.1. The van der Waals surface area contributed by atoms with Crippen LogP contribution in [0.4, 0.5) is 5.82 Å². The van der Waals surface area contributed by atoms with E-state index in [2.05, 4.69) is 37.7 Å². The lowest BCUT2D eigenvalue weighted by Crippen LogP contribution is -2.20. The summed E-state index contributed by atoms with van der Waals surface area (Å²) in [6.07, 6.45) is 1.58. The number of benzene rings is 2. The third-order valence-electron chi connectivity index (χ3n) is 5.89. The Morgan fingerprint density at radius 1 is 0.930 bits per heavy atom. The fourth-order valence-corrected chi connectivity index (χ4v) is 4.75. The van der Waals surface area contributed by atoms with Crippen LogP contribution in [-0.2, 0) is 23.7 Å². The molecule has 2 aromatic carbocycles. The van der Waals surface area contributed by atoms with Crippen LogP contribution >= 0.6 is 11.8 Å². The van der Waals surface area contributed by atoms with Gasteiger partial charge < -0.3 is 29.6 Å². The van der Waals surface area contributed by atoms with Crippen LogP contribution in [0, 0.1) is 11.8 Å². The summed E-state index contributed by atoms with van der Waals surface area (Å²) in [5.74, 6) is 6.10. The van der Waals surface area contributed by atoms with E-state index in [0.717, 1.165) is 20.7 Å². The Hall–Kier alpha value is -4.25. The molecule has 0 atom stereocenters. The molecule has 0 bridgehead atoms. The van der Waals surface area contributed by atoms with Crippen molar-refractivity contribution >= 4 is 40.3 Å². The highest BCUT2D eigenvalue weighted by atomic mass is 32.2. The minimum atomic E-state index is -0.313. The fraction of sp³-hybridized carbons (Fsp3) is 0.290. The molecule has 2 heterocycles. The van der Waals surface area contributed by atoms with Crippen molar-refractivity contribution in [1.29, 1.82) is 0 Å². The maximum atomic E-state index is 12.2. The van der Waals surface area contributed by atoms with Crippen LogP contribution in [0.2, 0.25) is 0 Å². The number of H-pyrrole nitrogens is 1. The number of carbonyl (C=O) groups is 2. The molecule has 43 heavy (non-hydrogen) atoms. The summed E-state index contributed by atoms with van der Waals surface area (Å²) in [4.78, 5) is 30.4. The van der Waals surface area contributed by atoms with Crippen LogP contribution in [0.15, 0.2) is 70.6 Å². The van der Waals surface area contributed by atoms with Crippen LogP contribution in [-0.4, -0.2) is 87.4 Å². The van der Waals surface area contributed by atoms with Crippen molar-refractivity contribution in [2.75, 3.05) is 65.7 Å². The second-order valence-electron chi connectivity index (χ2n) is 8.96. The van der Waals surface area contributed by atoms with E-state index >= 15 is 0 Å². The largest absolute Gasteiger partial charge is 0.382 e. The Morgan fingerprint density at radius 3 is 2.44 bits per heavy atom. The standard InChI is InChI=1S/C31H33N5O6S/c1-32-31(38)25-5-3-4-6-28(25)43-23-9-10-24-26(35-36-27(24)19-23)11-7-22-8-12-29(33-20-22)34-30(37)21-42-18-17-41-16-15-40-14-13-39-2/h3-6,8-10,12,19-20H,13-18,21H2,1-2H3,(H,32,38)(H,35,36)(H,33,34,37). The lowest BCUT2D eigenvalue weighted by molar-refractivity contribution is -0.121. The van der Waals surface area contributed by atoms with Crippen LogP contribution in [0.25, 0.3) is 10.9 Å². The topological polar surface area (TPSA) is 137 Å². The van der Waals surface area contributed by atoms with Crippen LogP contribution in [0.5, 0.6) is 0 Å². The molecule has 0 fully saturated rings. The van der Waals surface area contributed by atoms with Crippen molar-refractivity contribution in [3.05, 3.63) is 77.6 Å². The van der Waals surface area contributed by atoms with E-state index in [9.17, 15) is 9.59 Å². The Kier molecular flexibility index (Phi) is 12.5. The first-order valence-electron chi connectivity index (χ1n) is 13.5. The van der Waals surface area contributed by atoms with Crippen LogP contribution in [0.1, 0.15) is 21.6 Å². The zero-order valence-corrected chi connectivity index (χ0v) is 24.8. The maximum absolute atomic E-state index is 12.2. The molecule has 0 radical (unpaired) electrons. The molecule has 2 aromatic heterocycles. The summed E-state index contributed by atoms with van der Waals surface area (Å²) in [6.45, 7) is 2.56. The molecule has 0 aliphatic heterocycles. The molecule has 11 nitrogen and oxygen atoms in total. The van der Waals surface area contributed by atoms with Gasteiger partial charge in [0.1, 0.15) is 18.1 Å². The first-order valence-corrected chi connectivity index (χ1v) is 14.4. The van der Waals surface area contributed by atoms with Crippen molar-refractivity contribution in [1.82, 2.24) is 20.5 Å². The van der Waals surface area contributed by atoms with Crippen molar-refractivity contribution in [2.45, 2.75) is 9.79 Å². The Labute approximate surface area is 254 Å². The molecule has 3 N–H and O–H groups in total. The van der Waals surface area contributed by atoms with Crippen LogP contribution in [0.3, 0.4) is 0 Å². The number of nitrogens with one attached hydrogen (secondary N) is 3. The number of nitrogens with zero attached hydrogens (tertiary/aromatic N) is 2. The molecule has 0 aliphatic rings. The number of aromatic nitrogens is 3. The Morgan fingerprint density at radius 2 is 1.70 bits per heavy atom. The highest BCUT2D eigenvalue weighted by Crippen LogP contribution is 2.32. The van der Waals surface area contributed by atoms with Gasteiger partial charge in [-0.3, -0.25) is 14.7 Å². The molecular weight excluding hydrogens is 570 g/mol. The number of aromatic amines is 1. The molecule has 0 aliphatic carbocycles. The number of methoxy groups -OCH3 is 1. The minimum absolute atomic E-state index is 0.107. The third kappa shape index (κ3) is 9.92. The SMILES string of the molecule is CNC(=O)c1ccccc1Sc1ccc2c(C#Cc3ccc(NC(=O)COCCOCCOCCOC)nc3)n[nH]c2c1. The van der Waals surface area contributed by atoms with Crippen molar-refractivity contribution < 1.29 is 28.5 Å². The average Bonchev–Trinajstić information content (AvgIpc) is 3.43. The Balaban J connectivity index is 1.24. The smallest absolute Gasteiger partial charge is 0.252 e. The van der Waals surface area contributed by atoms with E-state index in [1.54, 1.807) is 38.6 Å². The summed E-state index contributed by atoms with van der Waals surface area (Å²) < 4.78 is 20.9. The lowest BCUT2D eigenvalue weighted by Gasteiger charge is -2.08. The number of carbonyl (C=O) groups excluding carboxylic acids is 2. The van der Waals surface area contributed by atoms with Crippen molar-refractivity contribution in [2.24, 2.45) is 0 Å². The van der Waals surface area contributed by atoms with Gasteiger partial charge in [0, 0.05) is 41.1 Å². The summed E-state index contributed by atoms with van der Waals surface area (Å²) in [5.41, 5.74) is 2.74. The van der Waals surface area contributed by atoms with E-state index in [4.69, 9.17) is 18.9 Å². The first-order chi connectivity index (χ1) is 21.1. The highest BCUT2D eigenvalue weighted by Gasteiger charge is 2.12. The van der Waals surface area contributed by atoms with E-state index < -0.39 is 0 Å². The number of amides is 2. The molecule has 0 saturated carbocycles. The molecular formula is C31H33N5O6S. The molecule has 2 amide bonds. The van der Waals surface area contributed by atoms with Gasteiger partial charge in [0.15, 0.2) is 0 Å². The van der Waals surface area contributed by atoms with Gasteiger partial charge in [0.25, 0.3) is 11.8 Å². The quantitative estimate of drug-likeness (QED) is 0.138. The van der Waals surface area contributed by atoms with Crippen molar-refractivity contribution in [3.8, 4) is 11.8 Å². The summed E-state index contributed by atoms with van der Waals surface area (Å²) in [7, 11) is 3.24. The van der Waals surface area contributed by atoms with Gasteiger partial charge in [-0.2, -0.15) is 5.10 Å². The normalized spacial score (nSPS) is 10.7. The van der Waals surface area contributed by atoms with E-state index in [-0.39, 0.29) is 18.4 Å². The number of rotatable bonds is 15. The van der Waals surface area contributed by atoms with Gasteiger partial charge >= 0.3 is 0 Å². The first kappa shape index (κ1) is 31.7. The van der Waals surface area contributed by atoms with Gasteiger partial charge in [0.05, 0.1) is 50.7 Å². The van der Waals surface area contributed by atoms with Gasteiger partial charge in [0.2, 0.25) is 0 Å². The van der Waals surface area contributed by atoms with Gasteiger partial charge in [-0.1, -0.05) is 29.8 Å². The maximum Gasteiger partial charge on any atom is 0.252 e. The number of anilines is 1. The molecule has 4 rings (SSSR count). The van der Waals surface area contributed by atoms with Crippen molar-refractivity contribution in [3.63, 3.8) is 0 Å². The van der Waals surface area contributed by atoms with E-state index in [1.165, 1.54) is 11.8 Å². The number of hydrogen-bond donors (Lipinski definition) is 3. The number of hydrogen-bond acceptors (Lipinski definition) is 9. The molecule has 4 aromatic rings. The highest BCUT2D eigenvalue weighted by molar-refractivity contribution is 7.99. The molecule has 224 valence electrons. The lowest BCUT2D eigenvalue weighted by atomic mass is 10.2. The Bertz CT molecular complexity index is 1560. The summed E-state index contributed by atoms with van der Waals surface area (Å²) in [6, 6.07) is 16.8. The molecule has 12 heteroatoms. The van der Waals surface area contributed by atoms with Gasteiger partial charge in [-0.05, 0) is 48.4 Å².